The van der Waals surface area contributed by atoms with Crippen LogP contribution in [-0.4, -0.2) is 51.6 Å². The van der Waals surface area contributed by atoms with Gasteiger partial charge in [0.25, 0.3) is 5.91 Å². The van der Waals surface area contributed by atoms with Gasteiger partial charge in [0, 0.05) is 36.1 Å². The Morgan fingerprint density at radius 3 is 2.49 bits per heavy atom. The van der Waals surface area contributed by atoms with E-state index in [0.717, 1.165) is 36.9 Å². The van der Waals surface area contributed by atoms with Crippen molar-refractivity contribution in [2.24, 2.45) is 0 Å². The van der Waals surface area contributed by atoms with Crippen molar-refractivity contribution in [3.05, 3.63) is 83.4 Å². The largest absolute Gasteiger partial charge is 0.454 e. The lowest BCUT2D eigenvalue weighted by Crippen LogP contribution is -2.49. The second-order valence-electron chi connectivity index (χ2n) is 10.7. The summed E-state index contributed by atoms with van der Waals surface area (Å²) >= 11 is 0. The summed E-state index contributed by atoms with van der Waals surface area (Å²) in [5.41, 5.74) is 2.47. The van der Waals surface area contributed by atoms with Crippen LogP contribution in [0.15, 0.2) is 60.8 Å². The van der Waals surface area contributed by atoms with Crippen molar-refractivity contribution in [1.29, 1.82) is 0 Å². The predicted octanol–water partition coefficient (Wildman–Crippen LogP) is 5.62. The van der Waals surface area contributed by atoms with Crippen molar-refractivity contribution >= 4 is 11.8 Å². The average Bonchev–Trinajstić information content (AvgIpc) is 3.60. The lowest BCUT2D eigenvalue weighted by atomic mass is 9.94. The molecule has 1 aliphatic heterocycles. The van der Waals surface area contributed by atoms with Gasteiger partial charge in [-0.3, -0.25) is 9.59 Å². The van der Waals surface area contributed by atoms with Crippen LogP contribution in [0.2, 0.25) is 0 Å². The molecule has 39 heavy (non-hydrogen) atoms. The standard InChI is InChI=1S/C31H36FN3O4/c1-22(2)34(31(37)24-12-15-28-29(17-24)39-21-38-28)20-30(36)35(26-7-4-3-5-8-26)19-27-9-6-16-33(27)18-23-10-13-25(32)14-11-23/h6,9-17,22,26H,3-5,7-8,18-21H2,1-2H3. The fraction of sp³-hybridized carbons (Fsp3) is 0.419. The van der Waals surface area contributed by atoms with Crippen LogP contribution in [0, 0.1) is 5.82 Å². The van der Waals surface area contributed by atoms with E-state index in [1.165, 1.54) is 18.6 Å². The van der Waals surface area contributed by atoms with Crippen molar-refractivity contribution in [3.63, 3.8) is 0 Å². The number of ether oxygens (including phenoxy) is 2. The van der Waals surface area contributed by atoms with E-state index in [0.29, 0.717) is 30.2 Å². The Morgan fingerprint density at radius 1 is 1.00 bits per heavy atom. The first-order chi connectivity index (χ1) is 18.9. The molecule has 1 aliphatic carbocycles. The first-order valence-corrected chi connectivity index (χ1v) is 13.8. The van der Waals surface area contributed by atoms with Crippen LogP contribution in [0.4, 0.5) is 4.39 Å². The van der Waals surface area contributed by atoms with Crippen LogP contribution < -0.4 is 9.47 Å². The highest BCUT2D eigenvalue weighted by Crippen LogP contribution is 2.33. The Bertz CT molecular complexity index is 1300. The molecule has 0 saturated heterocycles. The molecular weight excluding hydrogens is 497 g/mol. The monoisotopic (exact) mass is 533 g/mol. The van der Waals surface area contributed by atoms with Gasteiger partial charge in [-0.2, -0.15) is 0 Å². The summed E-state index contributed by atoms with van der Waals surface area (Å²) in [7, 11) is 0. The molecule has 7 nitrogen and oxygen atoms in total. The molecule has 0 atom stereocenters. The molecule has 1 saturated carbocycles. The van der Waals surface area contributed by atoms with Crippen molar-refractivity contribution in [2.75, 3.05) is 13.3 Å². The van der Waals surface area contributed by atoms with Gasteiger partial charge in [-0.05, 0) is 74.7 Å². The van der Waals surface area contributed by atoms with E-state index in [-0.39, 0.29) is 43.1 Å². The Balaban J connectivity index is 1.35. The molecular formula is C31H36FN3O4. The summed E-state index contributed by atoms with van der Waals surface area (Å²) in [4.78, 5) is 31.1. The highest BCUT2D eigenvalue weighted by molar-refractivity contribution is 5.97. The van der Waals surface area contributed by atoms with E-state index >= 15 is 0 Å². The molecule has 206 valence electrons. The van der Waals surface area contributed by atoms with Gasteiger partial charge in [-0.25, -0.2) is 4.39 Å². The quantitative estimate of drug-likeness (QED) is 0.358. The molecule has 1 aromatic heterocycles. The van der Waals surface area contributed by atoms with Gasteiger partial charge >= 0.3 is 0 Å². The zero-order chi connectivity index (χ0) is 27.4. The van der Waals surface area contributed by atoms with Gasteiger partial charge in [0.1, 0.15) is 12.4 Å². The van der Waals surface area contributed by atoms with E-state index in [9.17, 15) is 14.0 Å². The molecule has 0 unspecified atom stereocenters. The van der Waals surface area contributed by atoms with E-state index in [2.05, 4.69) is 4.57 Å². The Hall–Kier alpha value is -3.81. The van der Waals surface area contributed by atoms with Crippen LogP contribution in [0.3, 0.4) is 0 Å². The molecule has 0 spiro atoms. The SMILES string of the molecule is CC(C)N(CC(=O)N(Cc1cccn1Cc1ccc(F)cc1)C1CCCCC1)C(=O)c1ccc2c(c1)OCO2. The average molecular weight is 534 g/mol. The molecule has 5 rings (SSSR count). The van der Waals surface area contributed by atoms with Gasteiger partial charge in [-0.1, -0.05) is 31.4 Å². The second kappa shape index (κ2) is 11.9. The van der Waals surface area contributed by atoms with Crippen LogP contribution in [0.5, 0.6) is 11.5 Å². The zero-order valence-corrected chi connectivity index (χ0v) is 22.6. The summed E-state index contributed by atoms with van der Waals surface area (Å²) < 4.78 is 26.3. The molecule has 0 N–H and O–H groups in total. The van der Waals surface area contributed by atoms with Crippen molar-refractivity contribution in [1.82, 2.24) is 14.4 Å². The summed E-state index contributed by atoms with van der Waals surface area (Å²) in [6.45, 7) is 5.05. The minimum atomic E-state index is -0.259. The highest BCUT2D eigenvalue weighted by atomic mass is 19.1. The van der Waals surface area contributed by atoms with Gasteiger partial charge in [0.15, 0.2) is 11.5 Å². The topological polar surface area (TPSA) is 64.0 Å². The maximum absolute atomic E-state index is 14.0. The lowest BCUT2D eigenvalue weighted by molar-refractivity contribution is -0.136. The van der Waals surface area contributed by atoms with Crippen LogP contribution in [-0.2, 0) is 17.9 Å². The first kappa shape index (κ1) is 26.8. The molecule has 2 amide bonds. The first-order valence-electron chi connectivity index (χ1n) is 13.8. The summed E-state index contributed by atoms with van der Waals surface area (Å²) in [6.07, 6.45) is 7.28. The molecule has 1 fully saturated rings. The molecule has 2 aromatic carbocycles. The number of carbonyl (C=O) groups excluding carboxylic acids is 2. The Labute approximate surface area is 229 Å². The van der Waals surface area contributed by atoms with Gasteiger partial charge < -0.3 is 23.8 Å². The number of halogens is 1. The number of hydrogen-bond acceptors (Lipinski definition) is 4. The number of hydrogen-bond donors (Lipinski definition) is 0. The Morgan fingerprint density at radius 2 is 1.74 bits per heavy atom. The summed E-state index contributed by atoms with van der Waals surface area (Å²) in [5.74, 6) is 0.636. The molecule has 3 aromatic rings. The third-order valence-electron chi connectivity index (χ3n) is 7.67. The van der Waals surface area contributed by atoms with Gasteiger partial charge in [-0.15, -0.1) is 0 Å². The van der Waals surface area contributed by atoms with Crippen molar-refractivity contribution in [3.8, 4) is 11.5 Å². The van der Waals surface area contributed by atoms with Crippen LogP contribution in [0.25, 0.3) is 0 Å². The van der Waals surface area contributed by atoms with Crippen molar-refractivity contribution in [2.45, 2.75) is 71.1 Å². The Kier molecular flexibility index (Phi) is 8.19. The van der Waals surface area contributed by atoms with Crippen LogP contribution >= 0.6 is 0 Å². The number of amides is 2. The van der Waals surface area contributed by atoms with E-state index < -0.39 is 0 Å². The highest BCUT2D eigenvalue weighted by Gasteiger charge is 2.30. The lowest BCUT2D eigenvalue weighted by Gasteiger charge is -2.37. The zero-order valence-electron chi connectivity index (χ0n) is 22.6. The second-order valence-corrected chi connectivity index (χ2v) is 10.7. The maximum Gasteiger partial charge on any atom is 0.254 e. The number of fused-ring (bicyclic) bond motifs is 1. The fourth-order valence-corrected chi connectivity index (χ4v) is 5.44. The molecule has 2 heterocycles. The number of benzene rings is 2. The van der Waals surface area contributed by atoms with E-state index in [4.69, 9.17) is 9.47 Å². The number of rotatable bonds is 9. The number of carbonyl (C=O) groups is 2. The van der Waals surface area contributed by atoms with Gasteiger partial charge in [0.2, 0.25) is 12.7 Å². The van der Waals surface area contributed by atoms with Crippen LogP contribution in [0.1, 0.15) is 67.6 Å². The van der Waals surface area contributed by atoms with E-state index in [1.807, 2.05) is 37.1 Å². The molecule has 0 radical (unpaired) electrons. The summed E-state index contributed by atoms with van der Waals surface area (Å²) in [6, 6.07) is 15.6. The number of nitrogens with zero attached hydrogens (tertiary/aromatic N) is 3. The normalized spacial score (nSPS) is 15.0. The summed E-state index contributed by atoms with van der Waals surface area (Å²) in [5, 5.41) is 0. The smallest absolute Gasteiger partial charge is 0.254 e. The maximum atomic E-state index is 14.0. The third-order valence-corrected chi connectivity index (χ3v) is 7.67. The fourth-order valence-electron chi connectivity index (χ4n) is 5.44. The molecule has 2 aliphatic rings. The minimum absolute atomic E-state index is 0.000112. The van der Waals surface area contributed by atoms with Gasteiger partial charge in [0.05, 0.1) is 6.54 Å². The number of aromatic nitrogens is 1. The molecule has 8 heteroatoms. The third kappa shape index (κ3) is 6.27. The van der Waals surface area contributed by atoms with E-state index in [1.54, 1.807) is 35.2 Å². The minimum Gasteiger partial charge on any atom is -0.454 e. The molecule has 0 bridgehead atoms. The predicted molar refractivity (Wildman–Crippen MR) is 146 cm³/mol. The van der Waals surface area contributed by atoms with Crippen molar-refractivity contribution < 1.29 is 23.5 Å².